The van der Waals surface area contributed by atoms with Gasteiger partial charge in [0.05, 0.1) is 5.92 Å². The minimum absolute atomic E-state index is 0.000970. The van der Waals surface area contributed by atoms with Crippen LogP contribution in [0.1, 0.15) is 32.6 Å². The van der Waals surface area contributed by atoms with Gasteiger partial charge in [-0.15, -0.1) is 0 Å². The predicted molar refractivity (Wildman–Crippen MR) is 77.5 cm³/mol. The van der Waals surface area contributed by atoms with Crippen LogP contribution in [0.15, 0.2) is 0 Å². The summed E-state index contributed by atoms with van der Waals surface area (Å²) < 4.78 is 0. The Kier molecular flexibility index (Phi) is 7.05. The molecule has 1 aliphatic heterocycles. The van der Waals surface area contributed by atoms with Gasteiger partial charge in [-0.2, -0.15) is 11.8 Å². The number of carbonyl (C=O) groups excluding carboxylic acids is 1. The van der Waals surface area contributed by atoms with Gasteiger partial charge in [0.2, 0.25) is 0 Å². The number of carboxylic acid groups (broad SMARTS) is 1. The van der Waals surface area contributed by atoms with Crippen LogP contribution in [0.3, 0.4) is 0 Å². The number of nitrogens with zero attached hydrogens (tertiary/aromatic N) is 1. The average molecular weight is 288 g/mol. The van der Waals surface area contributed by atoms with Crippen LogP contribution in [-0.4, -0.2) is 53.1 Å². The van der Waals surface area contributed by atoms with Gasteiger partial charge in [0, 0.05) is 19.1 Å². The topological polar surface area (TPSA) is 69.6 Å². The van der Waals surface area contributed by atoms with Crippen molar-refractivity contribution in [2.24, 2.45) is 5.92 Å². The molecule has 2 N–H and O–H groups in total. The first kappa shape index (κ1) is 16.1. The first-order valence-corrected chi connectivity index (χ1v) is 8.21. The number of hydrogen-bond donors (Lipinski definition) is 2. The van der Waals surface area contributed by atoms with Crippen LogP contribution >= 0.6 is 11.8 Å². The number of hydrogen-bond acceptors (Lipinski definition) is 3. The number of thioether (sulfide) groups is 1. The first-order valence-electron chi connectivity index (χ1n) is 6.82. The fraction of sp³-hybridized carbons (Fsp3) is 0.846. The summed E-state index contributed by atoms with van der Waals surface area (Å²) in [5, 5.41) is 11.9. The Balaban J connectivity index is 2.27. The van der Waals surface area contributed by atoms with Gasteiger partial charge < -0.3 is 15.3 Å². The average Bonchev–Trinajstić information content (AvgIpc) is 2.38. The van der Waals surface area contributed by atoms with Crippen LogP contribution in [0.25, 0.3) is 0 Å². The highest BCUT2D eigenvalue weighted by Gasteiger charge is 2.31. The molecular formula is C13H24N2O3S. The van der Waals surface area contributed by atoms with Gasteiger partial charge in [0.1, 0.15) is 0 Å². The lowest BCUT2D eigenvalue weighted by molar-refractivity contribution is -0.143. The molecule has 0 bridgehead atoms. The summed E-state index contributed by atoms with van der Waals surface area (Å²) >= 11 is 1.81. The van der Waals surface area contributed by atoms with E-state index in [0.717, 1.165) is 18.6 Å². The highest BCUT2D eigenvalue weighted by molar-refractivity contribution is 7.98. The largest absolute Gasteiger partial charge is 0.481 e. The molecule has 0 saturated carbocycles. The molecule has 0 aromatic carbocycles. The fourth-order valence-electron chi connectivity index (χ4n) is 2.37. The van der Waals surface area contributed by atoms with Gasteiger partial charge in [-0.3, -0.25) is 4.79 Å². The van der Waals surface area contributed by atoms with Gasteiger partial charge in [0.25, 0.3) is 0 Å². The molecule has 1 rings (SSSR count). The van der Waals surface area contributed by atoms with Crippen LogP contribution < -0.4 is 5.32 Å². The molecule has 0 spiro atoms. The third-order valence-electron chi connectivity index (χ3n) is 3.54. The number of likely N-dealkylation sites (tertiary alicyclic amines) is 1. The molecule has 0 aromatic heterocycles. The molecular weight excluding hydrogens is 264 g/mol. The monoisotopic (exact) mass is 288 g/mol. The number of rotatable bonds is 6. The van der Waals surface area contributed by atoms with E-state index in [1.165, 1.54) is 0 Å². The van der Waals surface area contributed by atoms with E-state index in [9.17, 15) is 9.59 Å². The first-order chi connectivity index (χ1) is 9.06. The lowest BCUT2D eigenvalue weighted by atomic mass is 9.92. The van der Waals surface area contributed by atoms with E-state index < -0.39 is 5.97 Å². The van der Waals surface area contributed by atoms with Crippen molar-refractivity contribution in [3.63, 3.8) is 0 Å². The number of aliphatic carboxylic acids is 1. The summed E-state index contributed by atoms with van der Waals surface area (Å²) in [6.07, 6.45) is 5.28. The number of piperidine rings is 1. The van der Waals surface area contributed by atoms with Gasteiger partial charge in [0.15, 0.2) is 0 Å². The molecule has 0 radical (unpaired) electrons. The second kappa shape index (κ2) is 8.30. The lowest BCUT2D eigenvalue weighted by Crippen LogP contribution is -2.50. The normalized spacial score (nSPS) is 23.2. The zero-order chi connectivity index (χ0) is 14.3. The molecule has 0 aliphatic carbocycles. The quantitative estimate of drug-likeness (QED) is 0.734. The van der Waals surface area contributed by atoms with Crippen molar-refractivity contribution < 1.29 is 14.7 Å². The minimum atomic E-state index is -0.746. The predicted octanol–water partition coefficient (Wildman–Crippen LogP) is 2.02. The van der Waals surface area contributed by atoms with Crippen molar-refractivity contribution in [3.8, 4) is 0 Å². The van der Waals surface area contributed by atoms with Crippen molar-refractivity contribution in [2.45, 2.75) is 38.6 Å². The standard InChI is InChI=1S/C13H24N2O3S/c1-10-9-11(12(16)17)5-7-15(10)13(18)14-6-3-4-8-19-2/h10-11H,3-9H2,1-2H3,(H,14,18)(H,16,17). The second-order valence-corrected chi connectivity index (χ2v) is 6.02. The van der Waals surface area contributed by atoms with E-state index in [1.54, 1.807) is 4.90 Å². The molecule has 1 aliphatic rings. The summed E-state index contributed by atoms with van der Waals surface area (Å²) in [7, 11) is 0. The van der Waals surface area contributed by atoms with Crippen molar-refractivity contribution in [3.05, 3.63) is 0 Å². The van der Waals surface area contributed by atoms with Crippen molar-refractivity contribution in [2.75, 3.05) is 25.1 Å². The number of nitrogens with one attached hydrogen (secondary N) is 1. The summed E-state index contributed by atoms with van der Waals surface area (Å²) in [4.78, 5) is 24.7. The van der Waals surface area contributed by atoms with E-state index in [0.29, 0.717) is 25.9 Å². The molecule has 1 heterocycles. The Morgan fingerprint density at radius 3 is 2.74 bits per heavy atom. The maximum absolute atomic E-state index is 12.0. The van der Waals surface area contributed by atoms with E-state index in [1.807, 2.05) is 18.7 Å². The molecule has 1 fully saturated rings. The second-order valence-electron chi connectivity index (χ2n) is 5.03. The molecule has 0 aromatic rings. The maximum atomic E-state index is 12.0. The summed E-state index contributed by atoms with van der Waals surface area (Å²) in [5.41, 5.74) is 0. The Bertz CT molecular complexity index is 312. The maximum Gasteiger partial charge on any atom is 0.317 e. The van der Waals surface area contributed by atoms with E-state index in [-0.39, 0.29) is 18.0 Å². The molecule has 5 nitrogen and oxygen atoms in total. The Labute approximate surface area is 119 Å². The number of carbonyl (C=O) groups is 2. The van der Waals surface area contributed by atoms with Gasteiger partial charge >= 0.3 is 12.0 Å². The smallest absolute Gasteiger partial charge is 0.317 e. The van der Waals surface area contributed by atoms with Gasteiger partial charge in [-0.05, 0) is 44.6 Å². The van der Waals surface area contributed by atoms with Crippen molar-refractivity contribution >= 4 is 23.8 Å². The van der Waals surface area contributed by atoms with Crippen LogP contribution in [0.4, 0.5) is 4.79 Å². The zero-order valence-corrected chi connectivity index (χ0v) is 12.5. The zero-order valence-electron chi connectivity index (χ0n) is 11.7. The number of amides is 2. The fourth-order valence-corrected chi connectivity index (χ4v) is 2.86. The third kappa shape index (κ3) is 5.30. The van der Waals surface area contributed by atoms with Crippen molar-refractivity contribution in [1.82, 2.24) is 10.2 Å². The van der Waals surface area contributed by atoms with Gasteiger partial charge in [-0.1, -0.05) is 0 Å². The van der Waals surface area contributed by atoms with E-state index >= 15 is 0 Å². The lowest BCUT2D eigenvalue weighted by Gasteiger charge is -2.36. The molecule has 2 atom stereocenters. The Morgan fingerprint density at radius 2 is 2.16 bits per heavy atom. The van der Waals surface area contributed by atoms with Crippen LogP contribution in [-0.2, 0) is 4.79 Å². The third-order valence-corrected chi connectivity index (χ3v) is 4.23. The highest BCUT2D eigenvalue weighted by atomic mass is 32.2. The van der Waals surface area contributed by atoms with Crippen LogP contribution in [0, 0.1) is 5.92 Å². The van der Waals surface area contributed by atoms with E-state index in [4.69, 9.17) is 5.11 Å². The molecule has 2 unspecified atom stereocenters. The Hall–Kier alpha value is -0.910. The SMILES string of the molecule is CSCCCCNC(=O)N1CCC(C(=O)O)CC1C. The molecule has 1 saturated heterocycles. The summed E-state index contributed by atoms with van der Waals surface area (Å²) in [6, 6.07) is -0.0541. The number of unbranched alkanes of at least 4 members (excludes halogenated alkanes) is 1. The summed E-state index contributed by atoms with van der Waals surface area (Å²) in [5.74, 6) is 0.0700. The Morgan fingerprint density at radius 1 is 1.42 bits per heavy atom. The van der Waals surface area contributed by atoms with Crippen LogP contribution in [0.2, 0.25) is 0 Å². The molecule has 19 heavy (non-hydrogen) atoms. The minimum Gasteiger partial charge on any atom is -0.481 e. The molecule has 6 heteroatoms. The van der Waals surface area contributed by atoms with E-state index in [2.05, 4.69) is 11.6 Å². The number of urea groups is 1. The molecule has 110 valence electrons. The number of carboxylic acids is 1. The van der Waals surface area contributed by atoms with Gasteiger partial charge in [-0.25, -0.2) is 4.79 Å². The van der Waals surface area contributed by atoms with Crippen molar-refractivity contribution in [1.29, 1.82) is 0 Å². The summed E-state index contributed by atoms with van der Waals surface area (Å²) in [6.45, 7) is 3.15. The van der Waals surface area contributed by atoms with Crippen LogP contribution in [0.5, 0.6) is 0 Å². The highest BCUT2D eigenvalue weighted by Crippen LogP contribution is 2.22. The molecule has 2 amide bonds.